The van der Waals surface area contributed by atoms with E-state index >= 15 is 0 Å². The second-order valence-electron chi connectivity index (χ2n) is 5.86. The zero-order chi connectivity index (χ0) is 17.5. The minimum absolute atomic E-state index is 0.230. The molecular formula is C20H22N2O3. The summed E-state index contributed by atoms with van der Waals surface area (Å²) in [6, 6.07) is 15.8. The van der Waals surface area contributed by atoms with Crippen molar-refractivity contribution in [3.63, 3.8) is 0 Å². The summed E-state index contributed by atoms with van der Waals surface area (Å²) in [6.07, 6.45) is 1.78. The van der Waals surface area contributed by atoms with Gasteiger partial charge in [-0.15, -0.1) is 0 Å². The summed E-state index contributed by atoms with van der Waals surface area (Å²) in [5, 5.41) is 8.99. The van der Waals surface area contributed by atoms with Crippen molar-refractivity contribution in [1.29, 1.82) is 0 Å². The van der Waals surface area contributed by atoms with Crippen molar-refractivity contribution in [2.24, 2.45) is 0 Å². The molecule has 2 aromatic carbocycles. The van der Waals surface area contributed by atoms with Crippen molar-refractivity contribution in [3.8, 4) is 11.3 Å². The van der Waals surface area contributed by atoms with Crippen molar-refractivity contribution in [1.82, 2.24) is 10.5 Å². The van der Waals surface area contributed by atoms with Crippen LogP contribution in [0.4, 0.5) is 0 Å². The molecule has 5 nitrogen and oxygen atoms in total. The van der Waals surface area contributed by atoms with Crippen LogP contribution in [-0.4, -0.2) is 30.8 Å². The lowest BCUT2D eigenvalue weighted by Gasteiger charge is -2.03. The number of amides is 1. The number of carbonyl (C=O) groups excluding carboxylic acids is 1. The molecule has 0 unspecified atom stereocenters. The molecule has 3 rings (SSSR count). The molecular weight excluding hydrogens is 316 g/mol. The predicted octanol–water partition coefficient (Wildman–Crippen LogP) is 4.04. The van der Waals surface area contributed by atoms with Crippen molar-refractivity contribution >= 4 is 16.7 Å². The average Bonchev–Trinajstić information content (AvgIpc) is 3.14. The fraction of sp³-hybridized carbons (Fsp3) is 0.300. The summed E-state index contributed by atoms with van der Waals surface area (Å²) in [4.78, 5) is 12.1. The Hall–Kier alpha value is -2.66. The number of fused-ring (bicyclic) bond motifs is 1. The summed E-state index contributed by atoms with van der Waals surface area (Å²) in [7, 11) is 0. The summed E-state index contributed by atoms with van der Waals surface area (Å²) in [6.45, 7) is 4.03. The van der Waals surface area contributed by atoms with Gasteiger partial charge in [-0.2, -0.15) is 0 Å². The van der Waals surface area contributed by atoms with E-state index in [9.17, 15) is 4.79 Å². The number of carbonyl (C=O) groups is 1. The Kier molecular flexibility index (Phi) is 5.80. The minimum Gasteiger partial charge on any atom is -0.381 e. The molecule has 1 amide bonds. The fourth-order valence-corrected chi connectivity index (χ4v) is 2.57. The second-order valence-corrected chi connectivity index (χ2v) is 5.86. The van der Waals surface area contributed by atoms with Crippen LogP contribution in [0, 0.1) is 0 Å². The first-order valence-electron chi connectivity index (χ1n) is 8.60. The molecule has 5 heteroatoms. The van der Waals surface area contributed by atoms with Gasteiger partial charge in [0.1, 0.15) is 0 Å². The number of nitrogens with one attached hydrogen (secondary N) is 1. The van der Waals surface area contributed by atoms with Crippen molar-refractivity contribution in [2.75, 3.05) is 19.8 Å². The van der Waals surface area contributed by atoms with Gasteiger partial charge in [-0.25, -0.2) is 0 Å². The van der Waals surface area contributed by atoms with E-state index in [0.717, 1.165) is 35.8 Å². The molecule has 0 atom stereocenters. The third kappa shape index (κ3) is 4.45. The molecule has 0 saturated carbocycles. The third-order valence-electron chi connectivity index (χ3n) is 3.88. The number of nitrogens with zero attached hydrogens (tertiary/aromatic N) is 1. The molecule has 0 aliphatic heterocycles. The van der Waals surface area contributed by atoms with E-state index < -0.39 is 0 Å². The minimum atomic E-state index is -0.230. The Morgan fingerprint density at radius 2 is 1.96 bits per heavy atom. The largest absolute Gasteiger partial charge is 0.381 e. The van der Waals surface area contributed by atoms with E-state index in [2.05, 4.69) is 23.5 Å². The van der Waals surface area contributed by atoms with Crippen LogP contribution >= 0.6 is 0 Å². The Labute approximate surface area is 147 Å². The van der Waals surface area contributed by atoms with Crippen LogP contribution < -0.4 is 5.32 Å². The smallest absolute Gasteiger partial charge is 0.273 e. The molecule has 1 aromatic heterocycles. The van der Waals surface area contributed by atoms with Crippen LogP contribution in [-0.2, 0) is 4.74 Å². The number of benzene rings is 2. The van der Waals surface area contributed by atoms with Crippen LogP contribution in [0.1, 0.15) is 30.3 Å². The molecule has 130 valence electrons. The van der Waals surface area contributed by atoms with Gasteiger partial charge in [0.2, 0.25) is 0 Å². The van der Waals surface area contributed by atoms with Crippen LogP contribution in [0.25, 0.3) is 22.1 Å². The van der Waals surface area contributed by atoms with Gasteiger partial charge in [-0.05, 0) is 29.7 Å². The van der Waals surface area contributed by atoms with Crippen molar-refractivity contribution < 1.29 is 14.1 Å². The molecule has 3 aromatic rings. The molecule has 25 heavy (non-hydrogen) atoms. The highest BCUT2D eigenvalue weighted by Crippen LogP contribution is 2.25. The van der Waals surface area contributed by atoms with Crippen molar-refractivity contribution in [3.05, 3.63) is 54.2 Å². The first-order chi connectivity index (χ1) is 12.3. The number of aromatic nitrogens is 1. The molecule has 0 aliphatic rings. The Bertz CT molecular complexity index is 842. The van der Waals surface area contributed by atoms with Crippen molar-refractivity contribution in [2.45, 2.75) is 19.8 Å². The van der Waals surface area contributed by atoms with E-state index in [4.69, 9.17) is 9.26 Å². The van der Waals surface area contributed by atoms with E-state index in [1.54, 1.807) is 6.07 Å². The number of hydrogen-bond donors (Lipinski definition) is 1. The zero-order valence-corrected chi connectivity index (χ0v) is 14.3. The molecule has 1 N–H and O–H groups in total. The average molecular weight is 338 g/mol. The third-order valence-corrected chi connectivity index (χ3v) is 3.88. The van der Waals surface area contributed by atoms with Gasteiger partial charge in [0.05, 0.1) is 0 Å². The van der Waals surface area contributed by atoms with Crippen LogP contribution in [0.5, 0.6) is 0 Å². The maximum Gasteiger partial charge on any atom is 0.273 e. The zero-order valence-electron chi connectivity index (χ0n) is 14.3. The first kappa shape index (κ1) is 17.2. The fourth-order valence-electron chi connectivity index (χ4n) is 2.57. The van der Waals surface area contributed by atoms with Gasteiger partial charge < -0.3 is 14.6 Å². The van der Waals surface area contributed by atoms with E-state index in [1.165, 1.54) is 0 Å². The van der Waals surface area contributed by atoms with E-state index in [-0.39, 0.29) is 11.6 Å². The second kappa shape index (κ2) is 8.44. The molecule has 0 saturated heterocycles. The lowest BCUT2D eigenvalue weighted by Crippen LogP contribution is -2.25. The normalized spacial score (nSPS) is 10.9. The van der Waals surface area contributed by atoms with Crippen LogP contribution in [0.15, 0.2) is 53.1 Å². The van der Waals surface area contributed by atoms with Gasteiger partial charge in [-0.3, -0.25) is 4.79 Å². The monoisotopic (exact) mass is 338 g/mol. The maximum absolute atomic E-state index is 12.1. The number of rotatable bonds is 8. The molecule has 0 fully saturated rings. The highest BCUT2D eigenvalue weighted by molar-refractivity contribution is 5.93. The van der Waals surface area contributed by atoms with Gasteiger partial charge in [-0.1, -0.05) is 48.5 Å². The lowest BCUT2D eigenvalue weighted by atomic mass is 10.1. The standard InChI is InChI=1S/C20H22N2O3/c1-2-11-24-12-5-10-21-20(23)18-14-19(25-22-18)17-9-8-15-6-3-4-7-16(15)13-17/h3-4,6-9,13-14H,2,5,10-12H2,1H3,(H,21,23). The number of ether oxygens (including phenoxy) is 1. The van der Waals surface area contributed by atoms with Crippen LogP contribution in [0.3, 0.4) is 0 Å². The molecule has 0 spiro atoms. The maximum atomic E-state index is 12.1. The molecule has 0 radical (unpaired) electrons. The first-order valence-corrected chi connectivity index (χ1v) is 8.60. The molecule has 0 bridgehead atoms. The van der Waals surface area contributed by atoms with Gasteiger partial charge in [0.25, 0.3) is 5.91 Å². The lowest BCUT2D eigenvalue weighted by molar-refractivity contribution is 0.0932. The molecule has 0 aliphatic carbocycles. The highest BCUT2D eigenvalue weighted by Gasteiger charge is 2.13. The summed E-state index contributed by atoms with van der Waals surface area (Å²) in [5.74, 6) is 0.355. The molecule has 1 heterocycles. The summed E-state index contributed by atoms with van der Waals surface area (Å²) < 4.78 is 10.7. The Balaban J connectivity index is 1.60. The van der Waals surface area contributed by atoms with Gasteiger partial charge >= 0.3 is 0 Å². The van der Waals surface area contributed by atoms with Gasteiger partial charge in [0.15, 0.2) is 11.5 Å². The summed E-state index contributed by atoms with van der Waals surface area (Å²) >= 11 is 0. The van der Waals surface area contributed by atoms with Crippen LogP contribution in [0.2, 0.25) is 0 Å². The number of hydrogen-bond acceptors (Lipinski definition) is 4. The Morgan fingerprint density at radius 3 is 2.80 bits per heavy atom. The van der Waals surface area contributed by atoms with E-state index in [1.807, 2.05) is 36.4 Å². The predicted molar refractivity (Wildman–Crippen MR) is 97.5 cm³/mol. The summed E-state index contributed by atoms with van der Waals surface area (Å²) in [5.41, 5.74) is 1.19. The Morgan fingerprint density at radius 1 is 1.12 bits per heavy atom. The van der Waals surface area contributed by atoms with Gasteiger partial charge in [0, 0.05) is 31.4 Å². The SMILES string of the molecule is CCCOCCCNC(=O)c1cc(-c2ccc3ccccc3c2)on1. The topological polar surface area (TPSA) is 64.4 Å². The highest BCUT2D eigenvalue weighted by atomic mass is 16.5. The van der Waals surface area contributed by atoms with E-state index in [0.29, 0.717) is 18.9 Å². The quantitative estimate of drug-likeness (QED) is 0.630.